The van der Waals surface area contributed by atoms with Crippen molar-refractivity contribution in [2.45, 2.75) is 11.9 Å². The number of aromatic nitrogens is 2. The van der Waals surface area contributed by atoms with Crippen molar-refractivity contribution >= 4 is 23.9 Å². The Hall–Kier alpha value is -2.21. The van der Waals surface area contributed by atoms with Crippen LogP contribution in [0.1, 0.15) is 11.3 Å². The van der Waals surface area contributed by atoms with Gasteiger partial charge in [-0.3, -0.25) is 4.79 Å². The van der Waals surface area contributed by atoms with Gasteiger partial charge in [0.25, 0.3) is 0 Å². The van der Waals surface area contributed by atoms with Gasteiger partial charge in [0.2, 0.25) is 5.91 Å². The van der Waals surface area contributed by atoms with Crippen LogP contribution >= 0.6 is 11.8 Å². The molecule has 0 bridgehead atoms. The number of aryl methyl sites for hydroxylation is 1. The molecule has 0 aliphatic rings. The van der Waals surface area contributed by atoms with Gasteiger partial charge in [0, 0.05) is 5.69 Å². The second-order valence-corrected chi connectivity index (χ2v) is 4.99. The predicted molar refractivity (Wildman–Crippen MR) is 79.7 cm³/mol. The van der Waals surface area contributed by atoms with E-state index < -0.39 is 0 Å². The molecule has 1 aromatic heterocycles. The largest absolute Gasteiger partial charge is 0.272 e. The third kappa shape index (κ3) is 4.81. The van der Waals surface area contributed by atoms with Gasteiger partial charge in [-0.2, -0.15) is 5.10 Å². The average molecular weight is 286 g/mol. The van der Waals surface area contributed by atoms with Crippen LogP contribution in [0.5, 0.6) is 0 Å². The molecule has 0 saturated carbocycles. The smallest absolute Gasteiger partial charge is 0.250 e. The minimum atomic E-state index is -0.168. The summed E-state index contributed by atoms with van der Waals surface area (Å²) < 4.78 is 0. The van der Waals surface area contributed by atoms with Crippen molar-refractivity contribution in [3.63, 3.8) is 0 Å². The Morgan fingerprint density at radius 3 is 2.90 bits per heavy atom. The zero-order valence-corrected chi connectivity index (χ0v) is 11.8. The van der Waals surface area contributed by atoms with E-state index in [-0.39, 0.29) is 11.7 Å². The van der Waals surface area contributed by atoms with E-state index in [0.717, 1.165) is 16.3 Å². The van der Waals surface area contributed by atoms with Crippen LogP contribution in [0.3, 0.4) is 0 Å². The minimum Gasteiger partial charge on any atom is -0.272 e. The molecule has 102 valence electrons. The molecule has 0 spiro atoms. The van der Waals surface area contributed by atoms with Gasteiger partial charge in [0.05, 0.1) is 12.0 Å². The highest BCUT2D eigenvalue weighted by Gasteiger charge is 2.02. The van der Waals surface area contributed by atoms with Crippen molar-refractivity contribution in [3.8, 4) is 0 Å². The summed E-state index contributed by atoms with van der Waals surface area (Å²) >= 11 is 1.35. The van der Waals surface area contributed by atoms with Crippen molar-refractivity contribution in [1.29, 1.82) is 0 Å². The van der Waals surface area contributed by atoms with Gasteiger partial charge in [-0.15, -0.1) is 0 Å². The van der Waals surface area contributed by atoms with E-state index in [4.69, 9.17) is 0 Å². The predicted octanol–water partition coefficient (Wildman–Crippen LogP) is 2.03. The van der Waals surface area contributed by atoms with Crippen LogP contribution in [-0.2, 0) is 4.79 Å². The molecule has 0 aliphatic carbocycles. The van der Waals surface area contributed by atoms with Gasteiger partial charge in [0.15, 0.2) is 0 Å². The number of carbonyl (C=O) groups is 1. The zero-order chi connectivity index (χ0) is 14.2. The van der Waals surface area contributed by atoms with E-state index in [1.54, 1.807) is 6.21 Å². The van der Waals surface area contributed by atoms with E-state index in [2.05, 4.69) is 20.5 Å². The number of hydrogen-bond acceptors (Lipinski definition) is 5. The Balaban J connectivity index is 1.77. The minimum absolute atomic E-state index is 0.168. The molecule has 0 saturated heterocycles. The lowest BCUT2D eigenvalue weighted by molar-refractivity contribution is -0.118. The first-order valence-corrected chi connectivity index (χ1v) is 7.01. The van der Waals surface area contributed by atoms with Gasteiger partial charge in [-0.05, 0) is 18.6 Å². The van der Waals surface area contributed by atoms with Crippen molar-refractivity contribution in [1.82, 2.24) is 15.4 Å². The SMILES string of the molecule is Cc1cc(SCC(=O)NN=Cc2ccccc2)ncn1. The molecule has 1 heterocycles. The normalized spacial score (nSPS) is 10.7. The molecule has 0 unspecified atom stereocenters. The third-order valence-electron chi connectivity index (χ3n) is 2.33. The van der Waals surface area contributed by atoms with E-state index >= 15 is 0 Å². The summed E-state index contributed by atoms with van der Waals surface area (Å²) in [5, 5.41) is 4.68. The summed E-state index contributed by atoms with van der Waals surface area (Å²) in [4.78, 5) is 19.7. The molecule has 20 heavy (non-hydrogen) atoms. The number of amides is 1. The summed E-state index contributed by atoms with van der Waals surface area (Å²) in [6.45, 7) is 1.88. The number of hydrogen-bond donors (Lipinski definition) is 1. The molecule has 5 nitrogen and oxygen atoms in total. The molecule has 1 aromatic carbocycles. The lowest BCUT2D eigenvalue weighted by Gasteiger charge is -2.00. The molecular weight excluding hydrogens is 272 g/mol. The Morgan fingerprint density at radius 2 is 2.15 bits per heavy atom. The van der Waals surface area contributed by atoms with Crippen LogP contribution < -0.4 is 5.43 Å². The summed E-state index contributed by atoms with van der Waals surface area (Å²) in [6.07, 6.45) is 3.10. The standard InChI is InChI=1S/C14H14N4OS/c1-11-7-14(16-10-15-11)20-9-13(19)18-17-8-12-5-3-2-4-6-12/h2-8,10H,9H2,1H3,(H,18,19). The highest BCUT2D eigenvalue weighted by Crippen LogP contribution is 2.14. The first-order valence-electron chi connectivity index (χ1n) is 6.02. The van der Waals surface area contributed by atoms with E-state index in [1.165, 1.54) is 18.1 Å². The highest BCUT2D eigenvalue weighted by molar-refractivity contribution is 7.99. The molecule has 0 radical (unpaired) electrons. The van der Waals surface area contributed by atoms with Crippen LogP contribution in [0, 0.1) is 6.92 Å². The molecule has 6 heteroatoms. The lowest BCUT2D eigenvalue weighted by atomic mass is 10.2. The number of carbonyl (C=O) groups excluding carboxylic acids is 1. The van der Waals surface area contributed by atoms with Crippen LogP contribution in [0.2, 0.25) is 0 Å². The molecule has 0 atom stereocenters. The van der Waals surface area contributed by atoms with Crippen LogP contribution in [0.25, 0.3) is 0 Å². The van der Waals surface area contributed by atoms with Gasteiger partial charge in [-0.25, -0.2) is 15.4 Å². The van der Waals surface area contributed by atoms with Gasteiger partial charge in [-0.1, -0.05) is 42.1 Å². The Morgan fingerprint density at radius 1 is 1.35 bits per heavy atom. The number of nitrogens with one attached hydrogen (secondary N) is 1. The third-order valence-corrected chi connectivity index (χ3v) is 3.26. The number of nitrogens with zero attached hydrogens (tertiary/aromatic N) is 3. The van der Waals surface area contributed by atoms with Gasteiger partial charge in [0.1, 0.15) is 11.4 Å². The van der Waals surface area contributed by atoms with Crippen LogP contribution in [0.15, 0.2) is 52.9 Å². The molecular formula is C14H14N4OS. The summed E-state index contributed by atoms with van der Waals surface area (Å²) in [5.41, 5.74) is 4.30. The maximum Gasteiger partial charge on any atom is 0.250 e. The first-order chi connectivity index (χ1) is 9.74. The maximum absolute atomic E-state index is 11.6. The summed E-state index contributed by atoms with van der Waals surface area (Å²) in [7, 11) is 0. The first kappa shape index (κ1) is 14.2. The number of hydrazone groups is 1. The quantitative estimate of drug-likeness (QED) is 0.395. The number of benzene rings is 1. The van der Waals surface area contributed by atoms with Crippen molar-refractivity contribution in [3.05, 3.63) is 54.0 Å². The number of rotatable bonds is 5. The monoisotopic (exact) mass is 286 g/mol. The average Bonchev–Trinajstić information content (AvgIpc) is 2.46. The lowest BCUT2D eigenvalue weighted by Crippen LogP contribution is -2.19. The van der Waals surface area contributed by atoms with E-state index in [9.17, 15) is 4.79 Å². The molecule has 2 rings (SSSR count). The zero-order valence-electron chi connectivity index (χ0n) is 11.0. The summed E-state index contributed by atoms with van der Waals surface area (Å²) in [5.74, 6) is 0.0983. The molecule has 0 aliphatic heterocycles. The molecule has 0 fully saturated rings. The number of thioether (sulfide) groups is 1. The fourth-order valence-electron chi connectivity index (χ4n) is 1.40. The Bertz CT molecular complexity index is 601. The molecule has 2 aromatic rings. The molecule has 1 amide bonds. The van der Waals surface area contributed by atoms with Crippen molar-refractivity contribution in [2.75, 3.05) is 5.75 Å². The fraction of sp³-hybridized carbons (Fsp3) is 0.143. The fourth-order valence-corrected chi connectivity index (χ4v) is 2.12. The van der Waals surface area contributed by atoms with Gasteiger partial charge < -0.3 is 0 Å². The van der Waals surface area contributed by atoms with Crippen LogP contribution in [0.4, 0.5) is 0 Å². The second-order valence-electron chi connectivity index (χ2n) is 3.99. The topological polar surface area (TPSA) is 67.2 Å². The highest BCUT2D eigenvalue weighted by atomic mass is 32.2. The Labute approximate surface area is 121 Å². The van der Waals surface area contributed by atoms with Crippen LogP contribution in [-0.4, -0.2) is 27.8 Å². The maximum atomic E-state index is 11.6. The molecule has 1 N–H and O–H groups in total. The van der Waals surface area contributed by atoms with Crippen molar-refractivity contribution < 1.29 is 4.79 Å². The van der Waals surface area contributed by atoms with Crippen molar-refractivity contribution in [2.24, 2.45) is 5.10 Å². The summed E-state index contributed by atoms with van der Waals surface area (Å²) in [6, 6.07) is 11.4. The Kier molecular flexibility index (Phi) is 5.25. The van der Waals surface area contributed by atoms with E-state index in [1.807, 2.05) is 43.3 Å². The second kappa shape index (κ2) is 7.40. The van der Waals surface area contributed by atoms with Gasteiger partial charge >= 0.3 is 0 Å². The van der Waals surface area contributed by atoms with E-state index in [0.29, 0.717) is 0 Å².